The van der Waals surface area contributed by atoms with Crippen LogP contribution in [0.5, 0.6) is 0 Å². The molecule has 1 heterocycles. The number of rotatable bonds is 5. The number of hydrogen-bond donors (Lipinski definition) is 0. The average Bonchev–Trinajstić information content (AvgIpc) is 2.65. The molecule has 0 aromatic rings. The fraction of sp³-hybridized carbons (Fsp3) is 0.900. The highest BCUT2D eigenvalue weighted by molar-refractivity contribution is 5.60. The first-order chi connectivity index (χ1) is 6.83. The van der Waals surface area contributed by atoms with Crippen LogP contribution in [0.15, 0.2) is 0 Å². The van der Waals surface area contributed by atoms with Crippen molar-refractivity contribution in [2.75, 3.05) is 13.2 Å². The molecule has 1 fully saturated rings. The van der Waals surface area contributed by atoms with Crippen LogP contribution in [0.3, 0.4) is 0 Å². The van der Waals surface area contributed by atoms with Crippen LogP contribution >= 0.6 is 0 Å². The van der Waals surface area contributed by atoms with E-state index in [1.165, 1.54) is 0 Å². The average molecular weight is 200 g/mol. The Morgan fingerprint density at radius 3 is 3.00 bits per heavy atom. The minimum atomic E-state index is -0.572. The van der Waals surface area contributed by atoms with Gasteiger partial charge in [0.1, 0.15) is 0 Å². The van der Waals surface area contributed by atoms with Crippen LogP contribution in [0.25, 0.3) is 0 Å². The lowest BCUT2D eigenvalue weighted by Gasteiger charge is -2.10. The fourth-order valence-electron chi connectivity index (χ4n) is 1.34. The monoisotopic (exact) mass is 200 g/mol. The zero-order chi connectivity index (χ0) is 10.2. The van der Waals surface area contributed by atoms with Gasteiger partial charge in [0.2, 0.25) is 0 Å². The van der Waals surface area contributed by atoms with Gasteiger partial charge in [-0.3, -0.25) is 0 Å². The van der Waals surface area contributed by atoms with E-state index in [-0.39, 0.29) is 6.23 Å². The molecular formula is C10H18NO3. The first-order valence-corrected chi connectivity index (χ1v) is 5.33. The van der Waals surface area contributed by atoms with Crippen molar-refractivity contribution in [3.63, 3.8) is 0 Å². The predicted molar refractivity (Wildman–Crippen MR) is 52.0 cm³/mol. The van der Waals surface area contributed by atoms with Gasteiger partial charge in [-0.05, 0) is 12.8 Å². The number of unbranched alkanes of at least 4 members (excludes halogenated alkanes) is 2. The Morgan fingerprint density at radius 1 is 1.50 bits per heavy atom. The molecule has 0 bridgehead atoms. The summed E-state index contributed by atoms with van der Waals surface area (Å²) in [5.41, 5.74) is 0. The molecule has 0 aromatic heterocycles. The summed E-state index contributed by atoms with van der Waals surface area (Å²) in [7, 11) is 0. The molecule has 81 valence electrons. The molecule has 0 N–H and O–H groups in total. The standard InChI is InChI=1S/C10H18NO3/c1-2-3-4-8-13-10(12)14-9-6-5-7-11-9/h9H,2-8H2,1H3. The van der Waals surface area contributed by atoms with Crippen molar-refractivity contribution in [2.45, 2.75) is 45.3 Å². The molecule has 0 saturated carbocycles. The van der Waals surface area contributed by atoms with Gasteiger partial charge in [-0.2, -0.15) is 0 Å². The third-order valence-electron chi connectivity index (χ3n) is 2.14. The summed E-state index contributed by atoms with van der Waals surface area (Å²) in [5.74, 6) is 0. The van der Waals surface area contributed by atoms with E-state index in [9.17, 15) is 4.79 Å². The second kappa shape index (κ2) is 6.65. The van der Waals surface area contributed by atoms with Crippen molar-refractivity contribution < 1.29 is 14.3 Å². The molecule has 1 aliphatic rings. The van der Waals surface area contributed by atoms with E-state index in [4.69, 9.17) is 9.47 Å². The quantitative estimate of drug-likeness (QED) is 0.504. The number of carbonyl (C=O) groups excluding carboxylic acids is 1. The van der Waals surface area contributed by atoms with Crippen LogP contribution in [0.1, 0.15) is 39.0 Å². The summed E-state index contributed by atoms with van der Waals surface area (Å²) in [6.07, 6.45) is 4.13. The number of hydrogen-bond acceptors (Lipinski definition) is 3. The van der Waals surface area contributed by atoms with Crippen LogP contribution in [-0.2, 0) is 9.47 Å². The van der Waals surface area contributed by atoms with Crippen LogP contribution < -0.4 is 5.32 Å². The van der Waals surface area contributed by atoms with Crippen molar-refractivity contribution >= 4 is 6.16 Å². The third-order valence-corrected chi connectivity index (χ3v) is 2.14. The molecule has 1 aliphatic heterocycles. The maximum Gasteiger partial charge on any atom is 0.509 e. The molecule has 0 spiro atoms. The topological polar surface area (TPSA) is 49.6 Å². The molecule has 14 heavy (non-hydrogen) atoms. The summed E-state index contributed by atoms with van der Waals surface area (Å²) in [6.45, 7) is 3.36. The predicted octanol–water partition coefficient (Wildman–Crippen LogP) is 2.05. The van der Waals surface area contributed by atoms with Crippen LogP contribution in [-0.4, -0.2) is 25.5 Å². The molecule has 1 rings (SSSR count). The molecule has 4 nitrogen and oxygen atoms in total. The van der Waals surface area contributed by atoms with Gasteiger partial charge in [-0.1, -0.05) is 19.8 Å². The van der Waals surface area contributed by atoms with Crippen molar-refractivity contribution in [2.24, 2.45) is 0 Å². The molecule has 0 aliphatic carbocycles. The van der Waals surface area contributed by atoms with E-state index in [2.05, 4.69) is 12.2 Å². The van der Waals surface area contributed by atoms with E-state index in [0.29, 0.717) is 6.61 Å². The molecule has 4 heteroatoms. The summed E-state index contributed by atoms with van der Waals surface area (Å²) in [6, 6.07) is 0. The van der Waals surface area contributed by atoms with E-state index >= 15 is 0 Å². The number of carbonyl (C=O) groups is 1. The first kappa shape index (κ1) is 11.3. The Morgan fingerprint density at radius 2 is 2.36 bits per heavy atom. The van der Waals surface area contributed by atoms with E-state index < -0.39 is 6.16 Å². The molecule has 1 unspecified atom stereocenters. The van der Waals surface area contributed by atoms with E-state index in [1.807, 2.05) is 0 Å². The molecule has 0 aromatic carbocycles. The van der Waals surface area contributed by atoms with Crippen molar-refractivity contribution in [3.8, 4) is 0 Å². The van der Waals surface area contributed by atoms with Crippen LogP contribution in [0.2, 0.25) is 0 Å². The Hall–Kier alpha value is -0.770. The Balaban J connectivity index is 1.98. The summed E-state index contributed by atoms with van der Waals surface area (Å²) >= 11 is 0. The largest absolute Gasteiger partial charge is 0.509 e. The summed E-state index contributed by atoms with van der Waals surface area (Å²) < 4.78 is 9.85. The minimum Gasteiger partial charge on any atom is -0.434 e. The van der Waals surface area contributed by atoms with Gasteiger partial charge in [0.15, 0.2) is 6.23 Å². The molecule has 1 radical (unpaired) electrons. The molecular weight excluding hydrogens is 182 g/mol. The van der Waals surface area contributed by atoms with Gasteiger partial charge >= 0.3 is 6.16 Å². The van der Waals surface area contributed by atoms with E-state index in [0.717, 1.165) is 38.6 Å². The second-order valence-electron chi connectivity index (χ2n) is 3.43. The van der Waals surface area contributed by atoms with Crippen LogP contribution in [0, 0.1) is 0 Å². The van der Waals surface area contributed by atoms with Gasteiger partial charge in [-0.25, -0.2) is 10.1 Å². The third kappa shape index (κ3) is 4.46. The van der Waals surface area contributed by atoms with Crippen molar-refractivity contribution in [1.29, 1.82) is 0 Å². The molecule has 1 atom stereocenters. The molecule has 0 amide bonds. The Kier molecular flexibility index (Phi) is 5.37. The Bertz CT molecular complexity index is 167. The smallest absolute Gasteiger partial charge is 0.434 e. The van der Waals surface area contributed by atoms with Crippen molar-refractivity contribution in [1.82, 2.24) is 5.32 Å². The highest BCUT2D eigenvalue weighted by Crippen LogP contribution is 2.09. The van der Waals surface area contributed by atoms with E-state index in [1.54, 1.807) is 0 Å². The van der Waals surface area contributed by atoms with Gasteiger partial charge < -0.3 is 9.47 Å². The van der Waals surface area contributed by atoms with Crippen LogP contribution in [0.4, 0.5) is 4.79 Å². The number of ether oxygens (including phenoxy) is 2. The van der Waals surface area contributed by atoms with Gasteiger partial charge in [0.25, 0.3) is 0 Å². The maximum atomic E-state index is 11.1. The fourth-order valence-corrected chi connectivity index (χ4v) is 1.34. The minimum absolute atomic E-state index is 0.256. The lowest BCUT2D eigenvalue weighted by atomic mass is 10.3. The summed E-state index contributed by atoms with van der Waals surface area (Å²) in [4.78, 5) is 11.1. The van der Waals surface area contributed by atoms with Gasteiger partial charge in [-0.15, -0.1) is 0 Å². The number of nitrogens with zero attached hydrogens (tertiary/aromatic N) is 1. The zero-order valence-corrected chi connectivity index (χ0v) is 8.70. The highest BCUT2D eigenvalue weighted by Gasteiger charge is 2.20. The highest BCUT2D eigenvalue weighted by atomic mass is 16.7. The zero-order valence-electron chi connectivity index (χ0n) is 8.70. The second-order valence-corrected chi connectivity index (χ2v) is 3.43. The normalized spacial score (nSPS) is 20.8. The SMILES string of the molecule is CCCCCOC(=O)OC1CCC[N]1. The lowest BCUT2D eigenvalue weighted by molar-refractivity contribution is 0.0168. The van der Waals surface area contributed by atoms with Gasteiger partial charge in [0.05, 0.1) is 6.61 Å². The summed E-state index contributed by atoms with van der Waals surface area (Å²) in [5, 5.41) is 4.10. The maximum absolute atomic E-state index is 11.1. The van der Waals surface area contributed by atoms with Crippen molar-refractivity contribution in [3.05, 3.63) is 0 Å². The first-order valence-electron chi connectivity index (χ1n) is 5.33. The molecule has 1 saturated heterocycles. The Labute approximate surface area is 85.0 Å². The lowest BCUT2D eigenvalue weighted by Crippen LogP contribution is -2.23. The van der Waals surface area contributed by atoms with Gasteiger partial charge in [0, 0.05) is 13.0 Å².